The Kier molecular flexibility index (Phi) is 3.46. The number of aromatic nitrogens is 5. The van der Waals surface area contributed by atoms with Gasteiger partial charge in [0.05, 0.1) is 11.7 Å². The molecule has 2 atom stereocenters. The Bertz CT molecular complexity index is 1120. The number of hydrogen-bond donors (Lipinski definition) is 0. The van der Waals surface area contributed by atoms with Crippen molar-refractivity contribution in [2.45, 2.75) is 31.2 Å². The highest BCUT2D eigenvalue weighted by Gasteiger charge is 2.41. The van der Waals surface area contributed by atoms with Crippen molar-refractivity contribution in [2.24, 2.45) is 0 Å². The van der Waals surface area contributed by atoms with E-state index >= 15 is 0 Å². The average Bonchev–Trinajstić information content (AvgIpc) is 3.10. The van der Waals surface area contributed by atoms with Crippen molar-refractivity contribution in [1.82, 2.24) is 24.4 Å². The third-order valence-electron chi connectivity index (χ3n) is 4.96. The van der Waals surface area contributed by atoms with E-state index in [2.05, 4.69) is 15.2 Å². The first-order valence-electron chi connectivity index (χ1n) is 8.33. The summed E-state index contributed by atoms with van der Waals surface area (Å²) in [6.07, 6.45) is 3.65. The molecular formula is C18H14ClF2N5. The van der Waals surface area contributed by atoms with Crippen LogP contribution in [-0.4, -0.2) is 30.8 Å². The van der Waals surface area contributed by atoms with Gasteiger partial charge in [-0.15, -0.1) is 0 Å². The highest BCUT2D eigenvalue weighted by atomic mass is 35.5. The number of imidazole rings is 1. The summed E-state index contributed by atoms with van der Waals surface area (Å²) in [4.78, 5) is 4.38. The van der Waals surface area contributed by atoms with E-state index in [0.29, 0.717) is 17.0 Å². The smallest absolute Gasteiger partial charge is 0.257 e. The van der Waals surface area contributed by atoms with Gasteiger partial charge in [-0.1, -0.05) is 23.7 Å². The van der Waals surface area contributed by atoms with Crippen LogP contribution in [0.4, 0.5) is 8.78 Å². The van der Waals surface area contributed by atoms with Gasteiger partial charge in [-0.3, -0.25) is 4.68 Å². The molecule has 4 aromatic rings. The van der Waals surface area contributed by atoms with E-state index in [1.165, 1.54) is 4.68 Å². The van der Waals surface area contributed by atoms with Crippen LogP contribution >= 0.6 is 11.6 Å². The molecule has 3 aromatic heterocycles. The number of fused-ring (bicyclic) bond motifs is 2. The number of rotatable bonds is 4. The highest BCUT2D eigenvalue weighted by molar-refractivity contribution is 6.29. The van der Waals surface area contributed by atoms with Crippen LogP contribution in [0.1, 0.15) is 29.4 Å². The summed E-state index contributed by atoms with van der Waals surface area (Å²) in [6.45, 7) is -0.393. The number of nitrogens with zero attached hydrogens (tertiary/aromatic N) is 5. The maximum atomic E-state index is 12.7. The Morgan fingerprint density at radius 3 is 2.96 bits per heavy atom. The van der Waals surface area contributed by atoms with Crippen molar-refractivity contribution in [3.05, 3.63) is 59.1 Å². The van der Waals surface area contributed by atoms with Crippen molar-refractivity contribution in [1.29, 1.82) is 0 Å². The zero-order chi connectivity index (χ0) is 17.8. The van der Waals surface area contributed by atoms with Crippen LogP contribution in [0.5, 0.6) is 0 Å². The van der Waals surface area contributed by atoms with Crippen LogP contribution < -0.4 is 0 Å². The molecule has 0 bridgehead atoms. The zero-order valence-corrected chi connectivity index (χ0v) is 14.3. The molecular weight excluding hydrogens is 360 g/mol. The summed E-state index contributed by atoms with van der Waals surface area (Å²) in [5, 5.41) is 9.59. The predicted octanol–water partition coefficient (Wildman–Crippen LogP) is 4.27. The predicted molar refractivity (Wildman–Crippen MR) is 93.8 cm³/mol. The second-order valence-corrected chi connectivity index (χ2v) is 6.99. The van der Waals surface area contributed by atoms with Gasteiger partial charge in [-0.25, -0.2) is 18.3 Å². The molecule has 1 saturated carbocycles. The third-order valence-corrected chi connectivity index (χ3v) is 5.14. The molecule has 8 heteroatoms. The van der Waals surface area contributed by atoms with E-state index < -0.39 is 13.0 Å². The van der Waals surface area contributed by atoms with E-state index in [9.17, 15) is 8.78 Å². The molecule has 26 heavy (non-hydrogen) atoms. The minimum atomic E-state index is -2.43. The van der Waals surface area contributed by atoms with Gasteiger partial charge >= 0.3 is 0 Å². The van der Waals surface area contributed by atoms with Gasteiger partial charge in [-0.2, -0.15) is 10.2 Å². The van der Waals surface area contributed by atoms with Crippen LogP contribution in [0, 0.1) is 0 Å². The average molecular weight is 374 g/mol. The molecule has 132 valence electrons. The number of hydrogen-bond acceptors (Lipinski definition) is 3. The Hall–Kier alpha value is -2.54. The maximum absolute atomic E-state index is 12.7. The molecule has 1 aliphatic carbocycles. The normalized spacial score (nSPS) is 19.7. The van der Waals surface area contributed by atoms with Gasteiger partial charge in [0.1, 0.15) is 11.7 Å². The lowest BCUT2D eigenvalue weighted by Crippen LogP contribution is -2.07. The fourth-order valence-corrected chi connectivity index (χ4v) is 3.88. The molecule has 5 nitrogen and oxygen atoms in total. The largest absolute Gasteiger partial charge is 0.259 e. The van der Waals surface area contributed by atoms with E-state index in [1.807, 2.05) is 24.3 Å². The van der Waals surface area contributed by atoms with Crippen molar-refractivity contribution in [3.63, 3.8) is 0 Å². The third kappa shape index (κ3) is 2.54. The SMILES string of the molecule is FC(F)Cn1ncc2ccc([C@H]3C[C@@H]3c3cc(Cl)nn4ccnc34)cc21. The lowest BCUT2D eigenvalue weighted by atomic mass is 10.0. The number of alkyl halides is 2. The molecule has 0 unspecified atom stereocenters. The first-order valence-corrected chi connectivity index (χ1v) is 8.71. The standard InChI is InChI=1S/C18H14ClF2N5/c19-16-7-14(18-22-3-4-25(18)24-16)13-6-12(13)10-1-2-11-8-23-26(9-17(20)21)15(11)5-10/h1-5,7-8,12-13,17H,6,9H2/t12-,13+/m1/s1. The van der Waals surface area contributed by atoms with Gasteiger partial charge in [-0.05, 0) is 36.0 Å². The minimum absolute atomic E-state index is 0.296. The van der Waals surface area contributed by atoms with E-state index in [-0.39, 0.29) is 0 Å². The van der Waals surface area contributed by atoms with Crippen molar-refractivity contribution < 1.29 is 8.78 Å². The molecule has 0 aliphatic heterocycles. The summed E-state index contributed by atoms with van der Waals surface area (Å²) in [6, 6.07) is 7.83. The topological polar surface area (TPSA) is 48.0 Å². The lowest BCUT2D eigenvalue weighted by Gasteiger charge is -2.06. The van der Waals surface area contributed by atoms with Gasteiger partial charge in [0.2, 0.25) is 0 Å². The van der Waals surface area contributed by atoms with Crippen molar-refractivity contribution in [2.75, 3.05) is 0 Å². The molecule has 1 aromatic carbocycles. The quantitative estimate of drug-likeness (QED) is 0.536. The highest BCUT2D eigenvalue weighted by Crippen LogP contribution is 2.55. The Balaban J connectivity index is 1.50. The molecule has 0 amide bonds. The fraction of sp³-hybridized carbons (Fsp3) is 0.278. The Labute approximate surface area is 152 Å². The first-order chi connectivity index (χ1) is 12.6. The van der Waals surface area contributed by atoms with Crippen molar-refractivity contribution >= 4 is 28.2 Å². The van der Waals surface area contributed by atoms with Crippen molar-refractivity contribution in [3.8, 4) is 0 Å². The molecule has 3 heterocycles. The van der Waals surface area contributed by atoms with Gasteiger partial charge in [0.25, 0.3) is 6.43 Å². The van der Waals surface area contributed by atoms with Gasteiger partial charge in [0.15, 0.2) is 5.65 Å². The molecule has 0 radical (unpaired) electrons. The van der Waals surface area contributed by atoms with Crippen LogP contribution in [0.15, 0.2) is 42.9 Å². The minimum Gasteiger partial charge on any atom is -0.259 e. The summed E-state index contributed by atoms with van der Waals surface area (Å²) >= 11 is 6.14. The number of benzene rings is 1. The first kappa shape index (κ1) is 15.7. The summed E-state index contributed by atoms with van der Waals surface area (Å²) < 4.78 is 28.6. The molecule has 0 saturated heterocycles. The second kappa shape index (κ2) is 5.74. The summed E-state index contributed by atoms with van der Waals surface area (Å²) in [5.41, 5.74) is 3.75. The molecule has 0 spiro atoms. The maximum Gasteiger partial charge on any atom is 0.257 e. The zero-order valence-electron chi connectivity index (χ0n) is 13.6. The van der Waals surface area contributed by atoms with Crippen LogP contribution in [0.25, 0.3) is 16.6 Å². The molecule has 1 fully saturated rings. The van der Waals surface area contributed by atoms with Crippen LogP contribution in [0.2, 0.25) is 5.15 Å². The van der Waals surface area contributed by atoms with E-state index in [0.717, 1.165) is 34.1 Å². The number of halogens is 3. The van der Waals surface area contributed by atoms with E-state index in [4.69, 9.17) is 11.6 Å². The Morgan fingerprint density at radius 1 is 1.23 bits per heavy atom. The molecule has 0 N–H and O–H groups in total. The molecule has 5 rings (SSSR count). The van der Waals surface area contributed by atoms with Gasteiger partial charge in [0, 0.05) is 23.3 Å². The Morgan fingerprint density at radius 2 is 2.12 bits per heavy atom. The van der Waals surface area contributed by atoms with Crippen LogP contribution in [0.3, 0.4) is 0 Å². The molecule has 1 aliphatic rings. The lowest BCUT2D eigenvalue weighted by molar-refractivity contribution is 0.123. The summed E-state index contributed by atoms with van der Waals surface area (Å²) in [7, 11) is 0. The van der Waals surface area contributed by atoms with E-state index in [1.54, 1.807) is 23.1 Å². The monoisotopic (exact) mass is 373 g/mol. The van der Waals surface area contributed by atoms with Gasteiger partial charge < -0.3 is 0 Å². The summed E-state index contributed by atoms with van der Waals surface area (Å²) in [5.74, 6) is 0.609. The van der Waals surface area contributed by atoms with Crippen LogP contribution in [-0.2, 0) is 6.54 Å². The fourth-order valence-electron chi connectivity index (χ4n) is 3.68. The second-order valence-electron chi connectivity index (χ2n) is 6.60.